The van der Waals surface area contributed by atoms with Crippen molar-refractivity contribution in [2.24, 2.45) is 0 Å². The summed E-state index contributed by atoms with van der Waals surface area (Å²) in [7, 11) is 0. The molecular formula is C25H24N2O3. The minimum Gasteiger partial charge on any atom is -0.457 e. The van der Waals surface area contributed by atoms with Crippen molar-refractivity contribution in [2.45, 2.75) is 20.0 Å². The van der Waals surface area contributed by atoms with Crippen molar-refractivity contribution in [3.05, 3.63) is 95.6 Å². The predicted octanol–water partition coefficient (Wildman–Crippen LogP) is 4.79. The van der Waals surface area contributed by atoms with Crippen molar-refractivity contribution >= 4 is 11.8 Å². The third-order valence-corrected chi connectivity index (χ3v) is 5.27. The molecule has 1 saturated heterocycles. The molecule has 0 saturated carbocycles. The smallest absolute Gasteiger partial charge is 0.255 e. The van der Waals surface area contributed by atoms with E-state index in [1.165, 1.54) is 6.92 Å². The van der Waals surface area contributed by atoms with Crippen molar-refractivity contribution in [3.63, 3.8) is 0 Å². The maximum absolute atomic E-state index is 13.2. The van der Waals surface area contributed by atoms with Gasteiger partial charge in [0.1, 0.15) is 17.7 Å². The van der Waals surface area contributed by atoms with E-state index >= 15 is 0 Å². The molecule has 5 heteroatoms. The van der Waals surface area contributed by atoms with Crippen LogP contribution in [0.15, 0.2) is 78.9 Å². The highest BCUT2D eigenvalue weighted by Gasteiger charge is 2.38. The van der Waals surface area contributed by atoms with Gasteiger partial charge in [-0.05, 0) is 48.9 Å². The van der Waals surface area contributed by atoms with E-state index in [0.29, 0.717) is 24.4 Å². The lowest BCUT2D eigenvalue weighted by Gasteiger charge is -2.30. The monoisotopic (exact) mass is 400 g/mol. The van der Waals surface area contributed by atoms with Gasteiger partial charge < -0.3 is 14.5 Å². The Balaban J connectivity index is 1.66. The Morgan fingerprint density at radius 2 is 1.50 bits per heavy atom. The second kappa shape index (κ2) is 8.41. The minimum absolute atomic E-state index is 0.0615. The Kier molecular flexibility index (Phi) is 5.53. The molecule has 2 amide bonds. The molecule has 0 spiro atoms. The van der Waals surface area contributed by atoms with E-state index in [0.717, 1.165) is 16.9 Å². The molecule has 0 aromatic heterocycles. The molecule has 4 rings (SSSR count). The number of nitrogens with zero attached hydrogens (tertiary/aromatic N) is 2. The first kappa shape index (κ1) is 19.7. The second-order valence-electron chi connectivity index (χ2n) is 7.44. The third-order valence-electron chi connectivity index (χ3n) is 5.27. The van der Waals surface area contributed by atoms with Crippen molar-refractivity contribution in [1.82, 2.24) is 9.80 Å². The van der Waals surface area contributed by atoms with Crippen molar-refractivity contribution in [1.29, 1.82) is 0 Å². The van der Waals surface area contributed by atoms with E-state index in [4.69, 9.17) is 4.74 Å². The maximum atomic E-state index is 13.2. The number of ether oxygens (including phenoxy) is 1. The van der Waals surface area contributed by atoms with Crippen LogP contribution in [-0.4, -0.2) is 34.7 Å². The Bertz CT molecular complexity index is 1050. The van der Waals surface area contributed by atoms with Gasteiger partial charge in [-0.3, -0.25) is 9.59 Å². The highest BCUT2D eigenvalue weighted by molar-refractivity contribution is 5.95. The molecule has 152 valence electrons. The lowest BCUT2D eigenvalue weighted by molar-refractivity contribution is -0.130. The number of aryl methyl sites for hydroxylation is 1. The number of carbonyl (C=O) groups is 2. The molecule has 0 radical (unpaired) electrons. The summed E-state index contributed by atoms with van der Waals surface area (Å²) >= 11 is 0. The van der Waals surface area contributed by atoms with Crippen LogP contribution in [-0.2, 0) is 4.79 Å². The summed E-state index contributed by atoms with van der Waals surface area (Å²) in [4.78, 5) is 29.0. The predicted molar refractivity (Wildman–Crippen MR) is 115 cm³/mol. The third kappa shape index (κ3) is 4.06. The fraction of sp³-hybridized carbons (Fsp3) is 0.200. The molecule has 3 aromatic rings. The van der Waals surface area contributed by atoms with Crippen LogP contribution in [0.2, 0.25) is 0 Å². The summed E-state index contributed by atoms with van der Waals surface area (Å²) in [6, 6.07) is 24.6. The summed E-state index contributed by atoms with van der Waals surface area (Å²) in [5, 5.41) is 0. The van der Waals surface area contributed by atoms with Gasteiger partial charge in [-0.15, -0.1) is 0 Å². The van der Waals surface area contributed by atoms with Crippen LogP contribution >= 0.6 is 0 Å². The number of carbonyl (C=O) groups excluding carboxylic acids is 2. The molecule has 1 heterocycles. The van der Waals surface area contributed by atoms with E-state index in [1.54, 1.807) is 9.80 Å². The number of hydrogen-bond donors (Lipinski definition) is 0. The Hall–Kier alpha value is -3.60. The Morgan fingerprint density at radius 1 is 0.833 bits per heavy atom. The van der Waals surface area contributed by atoms with Gasteiger partial charge in [-0.25, -0.2) is 0 Å². The molecule has 3 aromatic carbocycles. The molecule has 1 fully saturated rings. The van der Waals surface area contributed by atoms with Gasteiger partial charge in [0.25, 0.3) is 5.91 Å². The summed E-state index contributed by atoms with van der Waals surface area (Å²) in [6.07, 6.45) is -0.462. The molecule has 1 aliphatic heterocycles. The average Bonchev–Trinajstić information content (AvgIpc) is 3.20. The van der Waals surface area contributed by atoms with Crippen LogP contribution in [0, 0.1) is 6.92 Å². The zero-order chi connectivity index (χ0) is 21.1. The average molecular weight is 400 g/mol. The largest absolute Gasteiger partial charge is 0.457 e. The van der Waals surface area contributed by atoms with Crippen molar-refractivity contribution in [3.8, 4) is 11.5 Å². The van der Waals surface area contributed by atoms with Gasteiger partial charge in [0, 0.05) is 25.6 Å². The first-order valence-corrected chi connectivity index (χ1v) is 10.0. The summed E-state index contributed by atoms with van der Waals surface area (Å²) in [6.45, 7) is 4.52. The molecule has 1 aliphatic rings. The van der Waals surface area contributed by atoms with E-state index < -0.39 is 6.17 Å². The zero-order valence-electron chi connectivity index (χ0n) is 17.1. The molecule has 0 aliphatic carbocycles. The molecule has 5 nitrogen and oxygen atoms in total. The standard InChI is InChI=1S/C25H24N2O3/c1-18-11-13-20(14-12-18)25(29)27-16-15-26(19(2)28)24(27)21-7-6-10-23(17-21)30-22-8-4-3-5-9-22/h3-14,17,24H,15-16H2,1-2H3/t24-/m1/s1. The van der Waals surface area contributed by atoms with E-state index in [1.807, 2.05) is 85.8 Å². The summed E-state index contributed by atoms with van der Waals surface area (Å²) in [5.41, 5.74) is 2.56. The topological polar surface area (TPSA) is 49.9 Å². The highest BCUT2D eigenvalue weighted by Crippen LogP contribution is 2.34. The van der Waals surface area contributed by atoms with E-state index in [2.05, 4.69) is 0 Å². The van der Waals surface area contributed by atoms with Crippen LogP contribution in [0.5, 0.6) is 11.5 Å². The van der Waals surface area contributed by atoms with E-state index in [-0.39, 0.29) is 11.8 Å². The molecule has 0 unspecified atom stereocenters. The van der Waals surface area contributed by atoms with Gasteiger partial charge >= 0.3 is 0 Å². The van der Waals surface area contributed by atoms with Gasteiger partial charge in [-0.2, -0.15) is 0 Å². The van der Waals surface area contributed by atoms with Crippen molar-refractivity contribution < 1.29 is 14.3 Å². The second-order valence-corrected chi connectivity index (χ2v) is 7.44. The number of benzene rings is 3. The number of rotatable bonds is 4. The lowest BCUT2D eigenvalue weighted by atomic mass is 10.1. The number of hydrogen-bond acceptors (Lipinski definition) is 3. The lowest BCUT2D eigenvalue weighted by Crippen LogP contribution is -2.37. The maximum Gasteiger partial charge on any atom is 0.255 e. The van der Waals surface area contributed by atoms with Crippen LogP contribution in [0.1, 0.15) is 34.6 Å². The van der Waals surface area contributed by atoms with Gasteiger partial charge in [0.2, 0.25) is 5.91 Å². The van der Waals surface area contributed by atoms with Crippen LogP contribution in [0.3, 0.4) is 0 Å². The molecule has 0 bridgehead atoms. The van der Waals surface area contributed by atoms with Gasteiger partial charge in [0.05, 0.1) is 0 Å². The normalized spacial score (nSPS) is 15.9. The Morgan fingerprint density at radius 3 is 2.20 bits per heavy atom. The van der Waals surface area contributed by atoms with Crippen LogP contribution in [0.25, 0.3) is 0 Å². The molecule has 1 atom stereocenters. The number of para-hydroxylation sites is 1. The van der Waals surface area contributed by atoms with E-state index in [9.17, 15) is 9.59 Å². The van der Waals surface area contributed by atoms with Crippen LogP contribution in [0.4, 0.5) is 0 Å². The Labute approximate surface area is 176 Å². The van der Waals surface area contributed by atoms with Gasteiger partial charge in [-0.1, -0.05) is 48.0 Å². The zero-order valence-corrected chi connectivity index (χ0v) is 17.1. The fourth-order valence-corrected chi connectivity index (χ4v) is 3.76. The van der Waals surface area contributed by atoms with Gasteiger partial charge in [0.15, 0.2) is 0 Å². The fourth-order valence-electron chi connectivity index (χ4n) is 3.76. The summed E-state index contributed by atoms with van der Waals surface area (Å²) < 4.78 is 5.96. The molecule has 0 N–H and O–H groups in total. The number of amides is 2. The molecular weight excluding hydrogens is 376 g/mol. The molecule has 30 heavy (non-hydrogen) atoms. The summed E-state index contributed by atoms with van der Waals surface area (Å²) in [5.74, 6) is 1.25. The first-order chi connectivity index (χ1) is 14.5. The first-order valence-electron chi connectivity index (χ1n) is 10.0. The minimum atomic E-state index is -0.462. The van der Waals surface area contributed by atoms with Crippen LogP contribution < -0.4 is 4.74 Å². The highest BCUT2D eigenvalue weighted by atomic mass is 16.5. The SMILES string of the molecule is CC(=O)N1CCN(C(=O)c2ccc(C)cc2)[C@@H]1c1cccc(Oc2ccccc2)c1. The quantitative estimate of drug-likeness (QED) is 0.633. The van der Waals surface area contributed by atoms with Crippen molar-refractivity contribution in [2.75, 3.05) is 13.1 Å².